The SMILES string of the molecule is COCc1cc(C2(C(=O)OC)CC2)ccc1OC. The van der Waals surface area contributed by atoms with E-state index in [1.54, 1.807) is 14.2 Å². The Morgan fingerprint density at radius 1 is 1.28 bits per heavy atom. The normalized spacial score (nSPS) is 16.2. The topological polar surface area (TPSA) is 44.8 Å². The van der Waals surface area contributed by atoms with Crippen molar-refractivity contribution in [1.29, 1.82) is 0 Å². The summed E-state index contributed by atoms with van der Waals surface area (Å²) < 4.78 is 15.3. The van der Waals surface area contributed by atoms with Gasteiger partial charge in [-0.1, -0.05) is 6.07 Å². The van der Waals surface area contributed by atoms with Crippen LogP contribution >= 0.6 is 0 Å². The van der Waals surface area contributed by atoms with Crippen LogP contribution in [-0.2, 0) is 26.3 Å². The number of hydrogen-bond donors (Lipinski definition) is 0. The van der Waals surface area contributed by atoms with E-state index in [1.165, 1.54) is 7.11 Å². The first-order valence-electron chi connectivity index (χ1n) is 5.92. The molecule has 0 heterocycles. The molecule has 4 nitrogen and oxygen atoms in total. The molecule has 0 aliphatic heterocycles. The van der Waals surface area contributed by atoms with Gasteiger partial charge in [-0.05, 0) is 30.5 Å². The van der Waals surface area contributed by atoms with Crippen LogP contribution in [0.1, 0.15) is 24.0 Å². The Hall–Kier alpha value is -1.55. The van der Waals surface area contributed by atoms with Crippen LogP contribution in [0.4, 0.5) is 0 Å². The molecule has 4 heteroatoms. The minimum Gasteiger partial charge on any atom is -0.496 e. The number of ether oxygens (including phenoxy) is 3. The number of carbonyl (C=O) groups excluding carboxylic acids is 1. The van der Waals surface area contributed by atoms with Gasteiger partial charge in [0, 0.05) is 12.7 Å². The maximum atomic E-state index is 11.8. The van der Waals surface area contributed by atoms with E-state index in [0.29, 0.717) is 6.61 Å². The summed E-state index contributed by atoms with van der Waals surface area (Å²) in [7, 11) is 4.70. The van der Waals surface area contributed by atoms with E-state index in [-0.39, 0.29) is 5.97 Å². The largest absolute Gasteiger partial charge is 0.496 e. The Morgan fingerprint density at radius 2 is 2.00 bits per heavy atom. The highest BCUT2D eigenvalue weighted by Gasteiger charge is 2.52. The van der Waals surface area contributed by atoms with Crippen LogP contribution in [0.2, 0.25) is 0 Å². The van der Waals surface area contributed by atoms with Crippen LogP contribution in [-0.4, -0.2) is 27.3 Å². The molecule has 18 heavy (non-hydrogen) atoms. The molecule has 0 bridgehead atoms. The summed E-state index contributed by atoms with van der Waals surface area (Å²) in [6.07, 6.45) is 1.69. The molecule has 0 unspecified atom stereocenters. The lowest BCUT2D eigenvalue weighted by molar-refractivity contribution is -0.143. The molecule has 0 amide bonds. The molecule has 2 rings (SSSR count). The first kappa shape index (κ1) is 12.9. The summed E-state index contributed by atoms with van der Waals surface area (Å²) in [6.45, 7) is 0.467. The molecule has 1 fully saturated rings. The predicted octanol–water partition coefficient (Wildman–Crippen LogP) is 2.05. The van der Waals surface area contributed by atoms with Crippen LogP contribution in [0.5, 0.6) is 5.75 Å². The van der Waals surface area contributed by atoms with Crippen molar-refractivity contribution in [2.45, 2.75) is 24.9 Å². The molecular weight excluding hydrogens is 232 g/mol. The second-order valence-corrected chi connectivity index (χ2v) is 4.53. The van der Waals surface area contributed by atoms with Gasteiger partial charge in [0.2, 0.25) is 0 Å². The van der Waals surface area contributed by atoms with Gasteiger partial charge in [-0.15, -0.1) is 0 Å². The number of hydrogen-bond acceptors (Lipinski definition) is 4. The van der Waals surface area contributed by atoms with Crippen LogP contribution in [0, 0.1) is 0 Å². The lowest BCUT2D eigenvalue weighted by Gasteiger charge is -2.16. The molecule has 1 aliphatic carbocycles. The van der Waals surface area contributed by atoms with Crippen molar-refractivity contribution in [1.82, 2.24) is 0 Å². The number of rotatable bonds is 5. The van der Waals surface area contributed by atoms with Gasteiger partial charge in [-0.25, -0.2) is 0 Å². The molecule has 1 aromatic carbocycles. The van der Waals surface area contributed by atoms with Gasteiger partial charge < -0.3 is 14.2 Å². The summed E-state index contributed by atoms with van der Waals surface area (Å²) in [4.78, 5) is 11.8. The van der Waals surface area contributed by atoms with Gasteiger partial charge in [0.05, 0.1) is 26.2 Å². The quantitative estimate of drug-likeness (QED) is 0.750. The first-order valence-corrected chi connectivity index (χ1v) is 5.92. The zero-order valence-corrected chi connectivity index (χ0v) is 11.0. The molecule has 0 N–H and O–H groups in total. The van der Waals surface area contributed by atoms with E-state index in [0.717, 1.165) is 29.7 Å². The Kier molecular flexibility index (Phi) is 3.57. The van der Waals surface area contributed by atoms with Crippen molar-refractivity contribution in [3.05, 3.63) is 29.3 Å². The van der Waals surface area contributed by atoms with Gasteiger partial charge >= 0.3 is 5.97 Å². The Morgan fingerprint density at radius 3 is 2.50 bits per heavy atom. The van der Waals surface area contributed by atoms with Crippen molar-refractivity contribution in [2.24, 2.45) is 0 Å². The van der Waals surface area contributed by atoms with E-state index in [1.807, 2.05) is 18.2 Å². The van der Waals surface area contributed by atoms with Crippen molar-refractivity contribution >= 4 is 5.97 Å². The maximum Gasteiger partial charge on any atom is 0.316 e. The number of carbonyl (C=O) groups is 1. The van der Waals surface area contributed by atoms with Crippen molar-refractivity contribution in [2.75, 3.05) is 21.3 Å². The molecule has 0 atom stereocenters. The number of benzene rings is 1. The van der Waals surface area contributed by atoms with Crippen LogP contribution in [0.25, 0.3) is 0 Å². The predicted molar refractivity (Wildman–Crippen MR) is 66.6 cm³/mol. The molecule has 98 valence electrons. The Bertz CT molecular complexity index is 449. The average molecular weight is 250 g/mol. The molecule has 0 spiro atoms. The molecular formula is C14H18O4. The lowest BCUT2D eigenvalue weighted by atomic mass is 9.94. The first-order chi connectivity index (χ1) is 8.67. The fourth-order valence-corrected chi connectivity index (χ4v) is 2.28. The van der Waals surface area contributed by atoms with Crippen molar-refractivity contribution in [3.63, 3.8) is 0 Å². The van der Waals surface area contributed by atoms with Gasteiger partial charge in [-0.3, -0.25) is 4.79 Å². The standard InChI is InChI=1S/C14H18O4/c1-16-9-10-8-11(4-5-12(10)17-2)14(6-7-14)13(15)18-3/h4-5,8H,6-7,9H2,1-3H3. The monoisotopic (exact) mass is 250 g/mol. The fourth-order valence-electron chi connectivity index (χ4n) is 2.28. The fraction of sp³-hybridized carbons (Fsp3) is 0.500. The maximum absolute atomic E-state index is 11.8. The summed E-state index contributed by atoms with van der Waals surface area (Å²) in [5, 5.41) is 0. The van der Waals surface area contributed by atoms with Crippen LogP contribution in [0.15, 0.2) is 18.2 Å². The van der Waals surface area contributed by atoms with E-state index < -0.39 is 5.41 Å². The minimum absolute atomic E-state index is 0.156. The van der Waals surface area contributed by atoms with Crippen molar-refractivity contribution in [3.8, 4) is 5.75 Å². The molecule has 0 aromatic heterocycles. The summed E-state index contributed by atoms with van der Waals surface area (Å²) in [5.41, 5.74) is 1.50. The van der Waals surface area contributed by atoms with Crippen LogP contribution < -0.4 is 4.74 Å². The Balaban J connectivity index is 2.35. The number of esters is 1. The lowest BCUT2D eigenvalue weighted by Crippen LogP contribution is -2.22. The second kappa shape index (κ2) is 4.98. The summed E-state index contributed by atoms with van der Waals surface area (Å²) in [5.74, 6) is 0.622. The zero-order chi connectivity index (χ0) is 13.2. The van der Waals surface area contributed by atoms with Crippen molar-refractivity contribution < 1.29 is 19.0 Å². The highest BCUT2D eigenvalue weighted by Crippen LogP contribution is 2.49. The average Bonchev–Trinajstić information content (AvgIpc) is 3.19. The van der Waals surface area contributed by atoms with E-state index >= 15 is 0 Å². The molecule has 1 aliphatic rings. The third-order valence-corrected chi connectivity index (χ3v) is 3.46. The third kappa shape index (κ3) is 2.08. The molecule has 0 radical (unpaired) electrons. The molecule has 0 saturated heterocycles. The van der Waals surface area contributed by atoms with Gasteiger partial charge in [-0.2, -0.15) is 0 Å². The Labute approximate surface area is 107 Å². The highest BCUT2D eigenvalue weighted by molar-refractivity contribution is 5.86. The van der Waals surface area contributed by atoms with Crippen LogP contribution in [0.3, 0.4) is 0 Å². The van der Waals surface area contributed by atoms with Gasteiger partial charge in [0.15, 0.2) is 0 Å². The van der Waals surface area contributed by atoms with E-state index in [9.17, 15) is 4.79 Å². The number of methoxy groups -OCH3 is 3. The molecule has 1 aromatic rings. The highest BCUT2D eigenvalue weighted by atomic mass is 16.5. The summed E-state index contributed by atoms with van der Waals surface area (Å²) in [6, 6.07) is 5.79. The van der Waals surface area contributed by atoms with Gasteiger partial charge in [0.25, 0.3) is 0 Å². The smallest absolute Gasteiger partial charge is 0.316 e. The zero-order valence-electron chi connectivity index (χ0n) is 11.0. The summed E-state index contributed by atoms with van der Waals surface area (Å²) >= 11 is 0. The third-order valence-electron chi connectivity index (χ3n) is 3.46. The van der Waals surface area contributed by atoms with E-state index in [2.05, 4.69) is 0 Å². The minimum atomic E-state index is -0.441. The second-order valence-electron chi connectivity index (χ2n) is 4.53. The molecule has 1 saturated carbocycles. The van der Waals surface area contributed by atoms with E-state index in [4.69, 9.17) is 14.2 Å². The van der Waals surface area contributed by atoms with Gasteiger partial charge in [0.1, 0.15) is 5.75 Å².